The van der Waals surface area contributed by atoms with Crippen molar-refractivity contribution in [2.45, 2.75) is 0 Å². The van der Waals surface area contributed by atoms with E-state index in [0.29, 0.717) is 39.8 Å². The summed E-state index contributed by atoms with van der Waals surface area (Å²) in [7, 11) is 6.20. The third kappa shape index (κ3) is 3.60. The van der Waals surface area contributed by atoms with Crippen LogP contribution in [0.1, 0.15) is 5.56 Å². The molecule has 0 spiro atoms. The number of nitriles is 1. The van der Waals surface area contributed by atoms with Crippen LogP contribution in [0.3, 0.4) is 0 Å². The highest BCUT2D eigenvalue weighted by Crippen LogP contribution is 2.46. The first-order chi connectivity index (χ1) is 14.1. The summed E-state index contributed by atoms with van der Waals surface area (Å²) in [4.78, 5) is 4.41. The second kappa shape index (κ2) is 8.40. The van der Waals surface area contributed by atoms with E-state index < -0.39 is 0 Å². The van der Waals surface area contributed by atoms with E-state index in [0.717, 1.165) is 5.56 Å². The molecule has 0 saturated heterocycles. The number of aromatic nitrogens is 1. The minimum atomic E-state index is 0.125. The van der Waals surface area contributed by atoms with Crippen LogP contribution in [-0.2, 0) is 0 Å². The van der Waals surface area contributed by atoms with Gasteiger partial charge in [0.2, 0.25) is 5.75 Å². The number of methoxy groups -OCH3 is 4. The summed E-state index contributed by atoms with van der Waals surface area (Å²) in [6.07, 6.45) is 0. The van der Waals surface area contributed by atoms with Crippen LogP contribution in [0, 0.1) is 11.3 Å². The van der Waals surface area contributed by atoms with Crippen LogP contribution in [0.25, 0.3) is 22.4 Å². The molecule has 2 aromatic carbocycles. The van der Waals surface area contributed by atoms with Crippen LogP contribution in [0.15, 0.2) is 42.5 Å². The van der Waals surface area contributed by atoms with E-state index in [1.807, 2.05) is 24.3 Å². The number of anilines is 1. The Labute approximate surface area is 169 Å². The van der Waals surface area contributed by atoms with Gasteiger partial charge in [0.25, 0.3) is 0 Å². The molecule has 1 aromatic heterocycles. The van der Waals surface area contributed by atoms with Crippen molar-refractivity contribution in [3.05, 3.63) is 48.0 Å². The van der Waals surface area contributed by atoms with Crippen molar-refractivity contribution >= 4 is 5.82 Å². The van der Waals surface area contributed by atoms with E-state index >= 15 is 0 Å². The Morgan fingerprint density at radius 3 is 2.24 bits per heavy atom. The number of hydrogen-bond acceptors (Lipinski definition) is 7. The molecule has 0 atom stereocenters. The third-order valence-corrected chi connectivity index (χ3v) is 4.52. The Balaban J connectivity index is 2.30. The zero-order chi connectivity index (χ0) is 21.0. The lowest BCUT2D eigenvalue weighted by Crippen LogP contribution is -2.02. The molecule has 1 heterocycles. The van der Waals surface area contributed by atoms with E-state index in [1.54, 1.807) is 32.4 Å². The summed E-state index contributed by atoms with van der Waals surface area (Å²) in [6.45, 7) is 0. The van der Waals surface area contributed by atoms with Gasteiger partial charge in [-0.1, -0.05) is 12.1 Å². The molecule has 29 heavy (non-hydrogen) atoms. The van der Waals surface area contributed by atoms with Crippen LogP contribution in [0.2, 0.25) is 0 Å². The van der Waals surface area contributed by atoms with Gasteiger partial charge >= 0.3 is 0 Å². The van der Waals surface area contributed by atoms with Crippen molar-refractivity contribution in [1.29, 1.82) is 5.26 Å². The lowest BCUT2D eigenvalue weighted by Gasteiger charge is -2.17. The van der Waals surface area contributed by atoms with E-state index in [2.05, 4.69) is 11.1 Å². The first-order valence-electron chi connectivity index (χ1n) is 8.72. The van der Waals surface area contributed by atoms with Gasteiger partial charge in [-0.2, -0.15) is 5.26 Å². The van der Waals surface area contributed by atoms with Crippen LogP contribution < -0.4 is 24.7 Å². The molecule has 0 amide bonds. The molecule has 0 aliphatic heterocycles. The smallest absolute Gasteiger partial charge is 0.203 e. The topological polar surface area (TPSA) is 99.6 Å². The van der Waals surface area contributed by atoms with Gasteiger partial charge in [-0.05, 0) is 30.3 Å². The van der Waals surface area contributed by atoms with Gasteiger partial charge in [0.1, 0.15) is 23.2 Å². The predicted octanol–water partition coefficient (Wildman–Crippen LogP) is 3.90. The number of hydrogen-bond donors (Lipinski definition) is 1. The molecule has 148 valence electrons. The number of rotatable bonds is 6. The number of nitrogens with two attached hydrogens (primary N) is 1. The Morgan fingerprint density at radius 1 is 0.862 bits per heavy atom. The van der Waals surface area contributed by atoms with Gasteiger partial charge < -0.3 is 24.7 Å². The maximum atomic E-state index is 9.71. The molecule has 3 rings (SSSR count). The van der Waals surface area contributed by atoms with Crippen LogP contribution in [0.5, 0.6) is 23.0 Å². The molecule has 0 fully saturated rings. The number of ether oxygens (including phenoxy) is 4. The summed E-state index contributed by atoms with van der Waals surface area (Å²) < 4.78 is 21.7. The molecule has 7 heteroatoms. The summed E-state index contributed by atoms with van der Waals surface area (Å²) in [6, 6.07) is 14.9. The SMILES string of the molecule is COc1cccc(-c2cc(-c3ccc(OC)c(OC)c3OC)c(C#N)c(N)n2)c1. The second-order valence-corrected chi connectivity index (χ2v) is 6.04. The van der Waals surface area contributed by atoms with Gasteiger partial charge in [0, 0.05) is 16.7 Å². The predicted molar refractivity (Wildman–Crippen MR) is 110 cm³/mol. The first kappa shape index (κ1) is 19.8. The molecule has 0 saturated carbocycles. The average molecular weight is 391 g/mol. The zero-order valence-electron chi connectivity index (χ0n) is 16.6. The summed E-state index contributed by atoms with van der Waals surface area (Å²) >= 11 is 0. The Hall–Kier alpha value is -3.92. The Morgan fingerprint density at radius 2 is 1.62 bits per heavy atom. The van der Waals surface area contributed by atoms with Crippen molar-refractivity contribution in [2.75, 3.05) is 34.2 Å². The van der Waals surface area contributed by atoms with Crippen molar-refractivity contribution in [1.82, 2.24) is 4.98 Å². The largest absolute Gasteiger partial charge is 0.497 e. The molecule has 0 unspecified atom stereocenters. The fourth-order valence-corrected chi connectivity index (χ4v) is 3.14. The van der Waals surface area contributed by atoms with Crippen molar-refractivity contribution in [3.8, 4) is 51.5 Å². The lowest BCUT2D eigenvalue weighted by molar-refractivity contribution is 0.325. The molecule has 0 radical (unpaired) electrons. The van der Waals surface area contributed by atoms with Crippen molar-refractivity contribution in [2.24, 2.45) is 0 Å². The maximum absolute atomic E-state index is 9.71. The number of pyridine rings is 1. The van der Waals surface area contributed by atoms with Crippen molar-refractivity contribution < 1.29 is 18.9 Å². The summed E-state index contributed by atoms with van der Waals surface area (Å²) in [5.41, 5.74) is 9.02. The normalized spacial score (nSPS) is 10.2. The highest BCUT2D eigenvalue weighted by molar-refractivity contribution is 5.85. The molecule has 0 aliphatic carbocycles. The quantitative estimate of drug-likeness (QED) is 0.680. The minimum absolute atomic E-state index is 0.125. The Kier molecular flexibility index (Phi) is 5.74. The van der Waals surface area contributed by atoms with E-state index in [9.17, 15) is 5.26 Å². The van der Waals surface area contributed by atoms with Crippen LogP contribution >= 0.6 is 0 Å². The first-order valence-corrected chi connectivity index (χ1v) is 8.72. The second-order valence-electron chi connectivity index (χ2n) is 6.04. The molecular weight excluding hydrogens is 370 g/mol. The molecule has 2 N–H and O–H groups in total. The van der Waals surface area contributed by atoms with Gasteiger partial charge in [0.15, 0.2) is 11.5 Å². The van der Waals surface area contributed by atoms with E-state index in [1.165, 1.54) is 14.2 Å². The number of nitrogen functional groups attached to an aromatic ring is 1. The van der Waals surface area contributed by atoms with Gasteiger partial charge in [0.05, 0.1) is 34.1 Å². The minimum Gasteiger partial charge on any atom is -0.497 e. The lowest BCUT2D eigenvalue weighted by atomic mass is 9.97. The van der Waals surface area contributed by atoms with Crippen LogP contribution in [-0.4, -0.2) is 33.4 Å². The van der Waals surface area contributed by atoms with Crippen LogP contribution in [0.4, 0.5) is 5.82 Å². The van der Waals surface area contributed by atoms with E-state index in [4.69, 9.17) is 24.7 Å². The molecular formula is C22H21N3O4. The fraction of sp³-hybridized carbons (Fsp3) is 0.182. The van der Waals surface area contributed by atoms with Gasteiger partial charge in [-0.25, -0.2) is 4.98 Å². The maximum Gasteiger partial charge on any atom is 0.203 e. The number of nitrogens with zero attached hydrogens (tertiary/aromatic N) is 2. The van der Waals surface area contributed by atoms with Gasteiger partial charge in [-0.3, -0.25) is 0 Å². The van der Waals surface area contributed by atoms with Crippen molar-refractivity contribution in [3.63, 3.8) is 0 Å². The highest BCUT2D eigenvalue weighted by atomic mass is 16.5. The fourth-order valence-electron chi connectivity index (χ4n) is 3.14. The van der Waals surface area contributed by atoms with E-state index in [-0.39, 0.29) is 11.4 Å². The Bertz CT molecular complexity index is 1090. The molecule has 3 aromatic rings. The molecule has 7 nitrogen and oxygen atoms in total. The molecule has 0 aliphatic rings. The third-order valence-electron chi connectivity index (χ3n) is 4.52. The summed E-state index contributed by atoms with van der Waals surface area (Å²) in [5.74, 6) is 2.19. The summed E-state index contributed by atoms with van der Waals surface area (Å²) in [5, 5.41) is 9.71. The van der Waals surface area contributed by atoms with Gasteiger partial charge in [-0.15, -0.1) is 0 Å². The molecule has 0 bridgehead atoms. The monoisotopic (exact) mass is 391 g/mol. The highest BCUT2D eigenvalue weighted by Gasteiger charge is 2.21. The zero-order valence-corrected chi connectivity index (χ0v) is 16.6. The number of benzene rings is 2. The standard InChI is InChI=1S/C22H21N3O4/c1-26-14-7-5-6-13(10-14)18-11-16(17(12-23)22(24)25-18)15-8-9-19(27-2)21(29-4)20(15)28-3/h5-11H,1-4H3,(H2,24,25). The average Bonchev–Trinajstić information content (AvgIpc) is 2.77.